The topological polar surface area (TPSA) is 0 Å². The SMILES string of the molecule is CC1CC(C)(F)C1.CCC. The third-order valence-electron chi connectivity index (χ3n) is 1.55. The zero-order valence-electron chi connectivity index (χ0n) is 7.58. The van der Waals surface area contributed by atoms with E-state index in [0.717, 1.165) is 12.8 Å². The second-order valence-electron chi connectivity index (χ2n) is 3.63. The van der Waals surface area contributed by atoms with Crippen LogP contribution in [0.15, 0.2) is 0 Å². The van der Waals surface area contributed by atoms with Gasteiger partial charge in [-0.1, -0.05) is 27.2 Å². The Bertz CT molecular complexity index is 78.7. The third-order valence-corrected chi connectivity index (χ3v) is 1.55. The Morgan fingerprint density at radius 2 is 1.70 bits per heavy atom. The fraction of sp³-hybridized carbons (Fsp3) is 1.00. The van der Waals surface area contributed by atoms with E-state index in [0.29, 0.717) is 5.92 Å². The Kier molecular flexibility index (Phi) is 3.92. The van der Waals surface area contributed by atoms with E-state index in [-0.39, 0.29) is 0 Å². The number of hydrogen-bond donors (Lipinski definition) is 0. The molecule has 62 valence electrons. The fourth-order valence-corrected chi connectivity index (χ4v) is 1.39. The quantitative estimate of drug-likeness (QED) is 0.490. The van der Waals surface area contributed by atoms with Crippen molar-refractivity contribution in [2.75, 3.05) is 0 Å². The second kappa shape index (κ2) is 3.95. The summed E-state index contributed by atoms with van der Waals surface area (Å²) in [7, 11) is 0. The molecule has 1 rings (SSSR count). The summed E-state index contributed by atoms with van der Waals surface area (Å²) in [6.07, 6.45) is 2.79. The Morgan fingerprint density at radius 3 is 1.70 bits per heavy atom. The van der Waals surface area contributed by atoms with Gasteiger partial charge in [0.15, 0.2) is 0 Å². The molecule has 1 aliphatic rings. The van der Waals surface area contributed by atoms with Gasteiger partial charge < -0.3 is 0 Å². The van der Waals surface area contributed by atoms with Crippen LogP contribution in [-0.2, 0) is 0 Å². The number of halogens is 1. The molecule has 0 atom stereocenters. The molecule has 10 heavy (non-hydrogen) atoms. The van der Waals surface area contributed by atoms with Crippen LogP contribution in [0, 0.1) is 5.92 Å². The highest BCUT2D eigenvalue weighted by molar-refractivity contribution is 4.87. The maximum atomic E-state index is 12.5. The Balaban J connectivity index is 0.000000236. The van der Waals surface area contributed by atoms with Crippen molar-refractivity contribution in [1.82, 2.24) is 0 Å². The molecule has 0 heterocycles. The van der Waals surface area contributed by atoms with E-state index in [4.69, 9.17) is 0 Å². The van der Waals surface area contributed by atoms with Crippen LogP contribution in [0.3, 0.4) is 0 Å². The van der Waals surface area contributed by atoms with Crippen LogP contribution in [-0.4, -0.2) is 5.67 Å². The van der Waals surface area contributed by atoms with Gasteiger partial charge in [-0.3, -0.25) is 0 Å². The summed E-state index contributed by atoms with van der Waals surface area (Å²) in [6.45, 7) is 8.01. The number of rotatable bonds is 0. The van der Waals surface area contributed by atoms with Crippen molar-refractivity contribution < 1.29 is 4.39 Å². The van der Waals surface area contributed by atoms with Crippen LogP contribution in [0.2, 0.25) is 0 Å². The monoisotopic (exact) mass is 146 g/mol. The minimum atomic E-state index is -0.806. The van der Waals surface area contributed by atoms with Gasteiger partial charge >= 0.3 is 0 Å². The summed E-state index contributed by atoms with van der Waals surface area (Å²) in [6, 6.07) is 0. The predicted molar refractivity (Wildman–Crippen MR) is 43.9 cm³/mol. The molecule has 0 aliphatic heterocycles. The van der Waals surface area contributed by atoms with Crippen LogP contribution in [0.4, 0.5) is 4.39 Å². The number of alkyl halides is 1. The zero-order chi connectivity index (χ0) is 8.20. The van der Waals surface area contributed by atoms with E-state index in [1.807, 2.05) is 0 Å². The van der Waals surface area contributed by atoms with Crippen LogP contribution in [0.1, 0.15) is 47.0 Å². The molecular weight excluding hydrogens is 127 g/mol. The van der Waals surface area contributed by atoms with Gasteiger partial charge in [0, 0.05) is 0 Å². The van der Waals surface area contributed by atoms with E-state index < -0.39 is 5.67 Å². The van der Waals surface area contributed by atoms with Crippen molar-refractivity contribution in [3.05, 3.63) is 0 Å². The standard InChI is InChI=1S/C6H11F.C3H8/c1-5-3-6(2,7)4-5;1-3-2/h5H,3-4H2,1-2H3;3H2,1-2H3. The van der Waals surface area contributed by atoms with E-state index in [1.165, 1.54) is 6.42 Å². The summed E-state index contributed by atoms with van der Waals surface area (Å²) in [5.74, 6) is 0.634. The lowest BCUT2D eigenvalue weighted by Gasteiger charge is -2.36. The highest BCUT2D eigenvalue weighted by atomic mass is 19.1. The smallest absolute Gasteiger partial charge is 0.108 e. The maximum absolute atomic E-state index is 12.5. The van der Waals surface area contributed by atoms with Crippen molar-refractivity contribution >= 4 is 0 Å². The van der Waals surface area contributed by atoms with Crippen LogP contribution >= 0.6 is 0 Å². The van der Waals surface area contributed by atoms with Gasteiger partial charge in [0.2, 0.25) is 0 Å². The lowest BCUT2D eigenvalue weighted by atomic mass is 9.75. The van der Waals surface area contributed by atoms with E-state index in [2.05, 4.69) is 20.8 Å². The molecule has 0 bridgehead atoms. The van der Waals surface area contributed by atoms with Gasteiger partial charge in [0.1, 0.15) is 5.67 Å². The maximum Gasteiger partial charge on any atom is 0.108 e. The van der Waals surface area contributed by atoms with E-state index in [1.54, 1.807) is 6.92 Å². The first-order chi connectivity index (χ1) is 4.52. The van der Waals surface area contributed by atoms with Crippen molar-refractivity contribution in [3.63, 3.8) is 0 Å². The zero-order valence-corrected chi connectivity index (χ0v) is 7.58. The summed E-state index contributed by atoms with van der Waals surface area (Å²) in [5.41, 5.74) is -0.806. The Hall–Kier alpha value is -0.0700. The molecule has 0 unspecified atom stereocenters. The van der Waals surface area contributed by atoms with E-state index in [9.17, 15) is 4.39 Å². The highest BCUT2D eigenvalue weighted by Crippen LogP contribution is 2.39. The first-order valence-electron chi connectivity index (χ1n) is 4.20. The van der Waals surface area contributed by atoms with Gasteiger partial charge in [0.25, 0.3) is 0 Å². The van der Waals surface area contributed by atoms with Gasteiger partial charge in [-0.15, -0.1) is 0 Å². The van der Waals surface area contributed by atoms with Gasteiger partial charge in [-0.25, -0.2) is 4.39 Å². The van der Waals surface area contributed by atoms with Crippen molar-refractivity contribution in [1.29, 1.82) is 0 Å². The minimum Gasteiger partial charge on any atom is -0.244 e. The molecule has 0 aromatic carbocycles. The third kappa shape index (κ3) is 3.86. The predicted octanol–water partition coefficient (Wildman–Crippen LogP) is 3.56. The van der Waals surface area contributed by atoms with Crippen molar-refractivity contribution in [2.45, 2.75) is 52.6 Å². The Morgan fingerprint density at radius 1 is 1.40 bits per heavy atom. The molecule has 0 aromatic rings. The van der Waals surface area contributed by atoms with Gasteiger partial charge in [-0.2, -0.15) is 0 Å². The van der Waals surface area contributed by atoms with Crippen molar-refractivity contribution in [3.8, 4) is 0 Å². The first-order valence-corrected chi connectivity index (χ1v) is 4.20. The number of hydrogen-bond acceptors (Lipinski definition) is 0. The van der Waals surface area contributed by atoms with Crippen LogP contribution in [0.5, 0.6) is 0 Å². The molecule has 0 aromatic heterocycles. The molecule has 1 fully saturated rings. The normalized spacial score (nSPS) is 37.5. The first kappa shape index (κ1) is 9.93. The lowest BCUT2D eigenvalue weighted by molar-refractivity contribution is 0.0347. The average molecular weight is 146 g/mol. The molecule has 0 amide bonds. The molecule has 1 saturated carbocycles. The lowest BCUT2D eigenvalue weighted by Crippen LogP contribution is -2.34. The summed E-state index contributed by atoms with van der Waals surface area (Å²) < 4.78 is 12.5. The summed E-state index contributed by atoms with van der Waals surface area (Å²) >= 11 is 0. The largest absolute Gasteiger partial charge is 0.244 e. The van der Waals surface area contributed by atoms with Gasteiger partial charge in [0.05, 0.1) is 0 Å². The Labute approximate surface area is 63.8 Å². The van der Waals surface area contributed by atoms with Crippen LogP contribution < -0.4 is 0 Å². The minimum absolute atomic E-state index is 0.634. The molecule has 0 nitrogen and oxygen atoms in total. The molecule has 1 heteroatoms. The second-order valence-corrected chi connectivity index (χ2v) is 3.63. The molecular formula is C9H19F. The molecule has 0 N–H and O–H groups in total. The molecule has 0 saturated heterocycles. The summed E-state index contributed by atoms with van der Waals surface area (Å²) in [4.78, 5) is 0. The summed E-state index contributed by atoms with van der Waals surface area (Å²) in [5, 5.41) is 0. The van der Waals surface area contributed by atoms with E-state index >= 15 is 0 Å². The average Bonchev–Trinajstić information content (AvgIpc) is 1.61. The molecule has 1 aliphatic carbocycles. The van der Waals surface area contributed by atoms with Gasteiger partial charge in [-0.05, 0) is 25.7 Å². The molecule has 0 radical (unpaired) electrons. The molecule has 0 spiro atoms. The van der Waals surface area contributed by atoms with Crippen LogP contribution in [0.25, 0.3) is 0 Å². The highest BCUT2D eigenvalue weighted by Gasteiger charge is 2.37. The fourth-order valence-electron chi connectivity index (χ4n) is 1.39. The van der Waals surface area contributed by atoms with Crippen molar-refractivity contribution in [2.24, 2.45) is 5.92 Å².